The second-order valence-corrected chi connectivity index (χ2v) is 5.95. The van der Waals surface area contributed by atoms with Gasteiger partial charge in [-0.1, -0.05) is 6.07 Å². The molecule has 0 radical (unpaired) electrons. The van der Waals surface area contributed by atoms with Crippen LogP contribution in [0.2, 0.25) is 0 Å². The highest BCUT2D eigenvalue weighted by Crippen LogP contribution is 2.34. The lowest BCUT2D eigenvalue weighted by Crippen LogP contribution is -2.53. The molecule has 1 aromatic carbocycles. The van der Waals surface area contributed by atoms with E-state index in [1.54, 1.807) is 6.07 Å². The maximum Gasteiger partial charge on any atom is 0.123 e. The molecule has 1 aromatic rings. The Morgan fingerprint density at radius 1 is 1.32 bits per heavy atom. The molecule has 106 valence electrons. The van der Waals surface area contributed by atoms with Gasteiger partial charge in [-0.15, -0.1) is 0 Å². The maximum absolute atomic E-state index is 13.3. The fourth-order valence-corrected chi connectivity index (χ4v) is 3.11. The van der Waals surface area contributed by atoms with E-state index in [1.165, 1.54) is 18.9 Å². The molecule has 3 N–H and O–H groups in total. The molecule has 1 saturated heterocycles. The zero-order valence-electron chi connectivity index (χ0n) is 12.0. The van der Waals surface area contributed by atoms with E-state index in [0.717, 1.165) is 24.2 Å². The third kappa shape index (κ3) is 2.81. The van der Waals surface area contributed by atoms with Gasteiger partial charge >= 0.3 is 0 Å². The van der Waals surface area contributed by atoms with Crippen molar-refractivity contribution in [1.29, 1.82) is 0 Å². The van der Waals surface area contributed by atoms with Gasteiger partial charge in [-0.05, 0) is 70.0 Å². The number of aryl methyl sites for hydroxylation is 1. The van der Waals surface area contributed by atoms with Crippen LogP contribution in [0.1, 0.15) is 43.9 Å². The first-order valence-electron chi connectivity index (χ1n) is 6.94. The quantitative estimate of drug-likeness (QED) is 0.649. The van der Waals surface area contributed by atoms with Crippen LogP contribution in [0.5, 0.6) is 0 Å². The van der Waals surface area contributed by atoms with Gasteiger partial charge in [0.15, 0.2) is 0 Å². The van der Waals surface area contributed by atoms with E-state index >= 15 is 0 Å². The normalized spacial score (nSPS) is 18.8. The van der Waals surface area contributed by atoms with E-state index in [1.807, 2.05) is 13.0 Å². The van der Waals surface area contributed by atoms with E-state index in [9.17, 15) is 4.39 Å². The molecule has 0 bridgehead atoms. The third-order valence-electron chi connectivity index (χ3n) is 4.34. The summed E-state index contributed by atoms with van der Waals surface area (Å²) in [6.07, 6.45) is 2.48. The lowest BCUT2D eigenvalue weighted by atomic mass is 9.85. The van der Waals surface area contributed by atoms with Gasteiger partial charge in [0.2, 0.25) is 0 Å². The Bertz CT molecular complexity index is 439. The lowest BCUT2D eigenvalue weighted by molar-refractivity contribution is 0.106. The van der Waals surface area contributed by atoms with Crippen molar-refractivity contribution in [1.82, 2.24) is 10.3 Å². The zero-order chi connectivity index (χ0) is 14.0. The second-order valence-electron chi connectivity index (χ2n) is 5.95. The number of hydrogen-bond acceptors (Lipinski definition) is 3. The molecule has 0 aromatic heterocycles. The molecule has 3 nitrogen and oxygen atoms in total. The van der Waals surface area contributed by atoms with Crippen molar-refractivity contribution >= 4 is 0 Å². The minimum Gasteiger partial charge on any atom is -0.296 e. The highest BCUT2D eigenvalue weighted by Gasteiger charge is 2.37. The van der Waals surface area contributed by atoms with Crippen molar-refractivity contribution in [3.63, 3.8) is 0 Å². The number of nitrogens with one attached hydrogen (secondary N) is 1. The van der Waals surface area contributed by atoms with E-state index in [4.69, 9.17) is 5.84 Å². The number of nitrogens with two attached hydrogens (primary N) is 1. The topological polar surface area (TPSA) is 41.3 Å². The number of nitrogens with zero attached hydrogens (tertiary/aromatic N) is 1. The van der Waals surface area contributed by atoms with Crippen LogP contribution < -0.4 is 11.3 Å². The fraction of sp³-hybridized carbons (Fsp3) is 0.600. The van der Waals surface area contributed by atoms with Crippen molar-refractivity contribution in [3.05, 3.63) is 35.1 Å². The second kappa shape index (κ2) is 5.57. The first kappa shape index (κ1) is 14.4. The molecule has 1 heterocycles. The van der Waals surface area contributed by atoms with Crippen molar-refractivity contribution in [2.45, 2.75) is 45.2 Å². The minimum absolute atomic E-state index is 0.00815. The summed E-state index contributed by atoms with van der Waals surface area (Å²) in [4.78, 5) is 2.46. The summed E-state index contributed by atoms with van der Waals surface area (Å²) in [7, 11) is 0. The van der Waals surface area contributed by atoms with E-state index in [0.29, 0.717) is 0 Å². The maximum atomic E-state index is 13.3. The molecule has 1 fully saturated rings. The smallest absolute Gasteiger partial charge is 0.123 e. The Labute approximate surface area is 114 Å². The van der Waals surface area contributed by atoms with Gasteiger partial charge in [-0.25, -0.2) is 4.39 Å². The van der Waals surface area contributed by atoms with Crippen molar-refractivity contribution < 1.29 is 4.39 Å². The Balaban J connectivity index is 2.32. The first-order chi connectivity index (χ1) is 8.96. The Hall–Kier alpha value is -0.970. The molecule has 19 heavy (non-hydrogen) atoms. The monoisotopic (exact) mass is 265 g/mol. The van der Waals surface area contributed by atoms with Gasteiger partial charge < -0.3 is 0 Å². The fourth-order valence-electron chi connectivity index (χ4n) is 3.11. The molecule has 0 spiro atoms. The van der Waals surface area contributed by atoms with Crippen molar-refractivity contribution in [3.8, 4) is 0 Å². The van der Waals surface area contributed by atoms with Crippen molar-refractivity contribution in [2.24, 2.45) is 5.84 Å². The number of hydrazine groups is 1. The standard InChI is InChI=1S/C15H24FN3/c1-11-10-12(16)6-7-13(11)14(18-17)15(2,3)19-8-4-5-9-19/h6-7,10,14,18H,4-5,8-9,17H2,1-3H3. The number of halogens is 1. The SMILES string of the molecule is Cc1cc(F)ccc1C(NN)C(C)(C)N1CCCC1. The van der Waals surface area contributed by atoms with Crippen LogP contribution in [0.25, 0.3) is 0 Å². The number of rotatable bonds is 4. The number of likely N-dealkylation sites (tertiary alicyclic amines) is 1. The average Bonchev–Trinajstić information content (AvgIpc) is 2.87. The molecule has 4 heteroatoms. The minimum atomic E-state index is -0.198. The molecular formula is C15H24FN3. The third-order valence-corrected chi connectivity index (χ3v) is 4.34. The van der Waals surface area contributed by atoms with Gasteiger partial charge in [0.25, 0.3) is 0 Å². The van der Waals surface area contributed by atoms with Gasteiger partial charge in [0.05, 0.1) is 6.04 Å². The van der Waals surface area contributed by atoms with Crippen LogP contribution in [0, 0.1) is 12.7 Å². The lowest BCUT2D eigenvalue weighted by Gasteiger charge is -2.42. The Kier molecular flexibility index (Phi) is 4.23. The summed E-state index contributed by atoms with van der Waals surface area (Å²) in [5.74, 6) is 5.60. The molecule has 2 rings (SSSR count). The molecule has 1 unspecified atom stereocenters. The average molecular weight is 265 g/mol. The van der Waals surface area contributed by atoms with Crippen molar-refractivity contribution in [2.75, 3.05) is 13.1 Å². The van der Waals surface area contributed by atoms with E-state index < -0.39 is 0 Å². The van der Waals surface area contributed by atoms with Gasteiger partial charge in [-0.3, -0.25) is 16.2 Å². The summed E-state index contributed by atoms with van der Waals surface area (Å²) >= 11 is 0. The van der Waals surface area contributed by atoms with E-state index in [-0.39, 0.29) is 17.4 Å². The molecule has 0 amide bonds. The zero-order valence-corrected chi connectivity index (χ0v) is 12.0. The van der Waals surface area contributed by atoms with Gasteiger partial charge in [0.1, 0.15) is 5.82 Å². The van der Waals surface area contributed by atoms with Crippen LogP contribution >= 0.6 is 0 Å². The number of benzene rings is 1. The summed E-state index contributed by atoms with van der Waals surface area (Å²) in [6.45, 7) is 8.54. The molecule has 0 aliphatic carbocycles. The highest BCUT2D eigenvalue weighted by atomic mass is 19.1. The Morgan fingerprint density at radius 2 is 1.95 bits per heavy atom. The molecule has 1 aliphatic rings. The van der Waals surface area contributed by atoms with Crippen LogP contribution in [0.3, 0.4) is 0 Å². The van der Waals surface area contributed by atoms with Crippen LogP contribution in [-0.2, 0) is 0 Å². The van der Waals surface area contributed by atoms with Crippen LogP contribution in [0.15, 0.2) is 18.2 Å². The van der Waals surface area contributed by atoms with Gasteiger partial charge in [-0.2, -0.15) is 0 Å². The molecular weight excluding hydrogens is 241 g/mol. The largest absolute Gasteiger partial charge is 0.296 e. The molecule has 1 atom stereocenters. The molecule has 0 saturated carbocycles. The van der Waals surface area contributed by atoms with Gasteiger partial charge in [0, 0.05) is 5.54 Å². The summed E-state index contributed by atoms with van der Waals surface area (Å²) < 4.78 is 13.3. The molecule has 1 aliphatic heterocycles. The predicted octanol–water partition coefficient (Wildman–Crippen LogP) is 2.51. The summed E-state index contributed by atoms with van der Waals surface area (Å²) in [5, 5.41) is 0. The van der Waals surface area contributed by atoms with Crippen LogP contribution in [-0.4, -0.2) is 23.5 Å². The predicted molar refractivity (Wildman–Crippen MR) is 76.1 cm³/mol. The first-order valence-corrected chi connectivity index (χ1v) is 6.94. The van der Waals surface area contributed by atoms with Crippen LogP contribution in [0.4, 0.5) is 4.39 Å². The Morgan fingerprint density at radius 3 is 2.47 bits per heavy atom. The summed E-state index contributed by atoms with van der Waals surface area (Å²) in [5.41, 5.74) is 4.85. The summed E-state index contributed by atoms with van der Waals surface area (Å²) in [6, 6.07) is 4.91. The van der Waals surface area contributed by atoms with E-state index in [2.05, 4.69) is 24.2 Å². The number of hydrogen-bond donors (Lipinski definition) is 2. The highest BCUT2D eigenvalue weighted by molar-refractivity contribution is 5.31.